The van der Waals surface area contributed by atoms with Crippen LogP contribution in [0.3, 0.4) is 0 Å². The van der Waals surface area contributed by atoms with E-state index >= 15 is 0 Å². The number of nitrogens with zero attached hydrogens (tertiary/aromatic N) is 2. The highest BCUT2D eigenvalue weighted by Gasteiger charge is 2.36. The van der Waals surface area contributed by atoms with Crippen LogP contribution < -0.4 is 5.32 Å². The van der Waals surface area contributed by atoms with Crippen molar-refractivity contribution in [1.29, 1.82) is 0 Å². The van der Waals surface area contributed by atoms with Gasteiger partial charge in [0.2, 0.25) is 10.0 Å². The van der Waals surface area contributed by atoms with Gasteiger partial charge in [-0.3, -0.25) is 10.1 Å². The summed E-state index contributed by atoms with van der Waals surface area (Å²) in [5.74, 6) is 0. The quantitative estimate of drug-likeness (QED) is 0.575. The second-order valence-electron chi connectivity index (χ2n) is 4.57. The summed E-state index contributed by atoms with van der Waals surface area (Å²) < 4.78 is 25.9. The Morgan fingerprint density at radius 3 is 2.70 bits per heavy atom. The lowest BCUT2D eigenvalue weighted by Gasteiger charge is -2.25. The second kappa shape index (κ2) is 5.44. The molecule has 20 heavy (non-hydrogen) atoms. The Hall–Kier alpha value is -1.55. The van der Waals surface area contributed by atoms with Crippen LogP contribution >= 0.6 is 0 Å². The van der Waals surface area contributed by atoms with Gasteiger partial charge in [-0.1, -0.05) is 6.07 Å². The normalized spacial score (nSPS) is 23.1. The van der Waals surface area contributed by atoms with Crippen molar-refractivity contribution in [2.75, 3.05) is 20.1 Å². The smallest absolute Gasteiger partial charge is 0.270 e. The van der Waals surface area contributed by atoms with Crippen LogP contribution in [0.5, 0.6) is 0 Å². The average Bonchev–Trinajstić information content (AvgIpc) is 2.84. The highest BCUT2D eigenvalue weighted by atomic mass is 32.2. The van der Waals surface area contributed by atoms with Gasteiger partial charge >= 0.3 is 0 Å². The van der Waals surface area contributed by atoms with Crippen LogP contribution in [0.1, 0.15) is 0 Å². The molecule has 2 rings (SSSR count). The Morgan fingerprint density at radius 2 is 2.15 bits per heavy atom. The number of hydrogen-bond donors (Lipinski definition) is 2. The number of hydrogen-bond acceptors (Lipinski definition) is 6. The third-order valence-electron chi connectivity index (χ3n) is 3.32. The maximum absolute atomic E-state index is 12.4. The molecule has 0 amide bonds. The van der Waals surface area contributed by atoms with Crippen LogP contribution in [0.25, 0.3) is 0 Å². The van der Waals surface area contributed by atoms with E-state index in [1.807, 2.05) is 0 Å². The molecular formula is C11H15N3O5S. The summed E-state index contributed by atoms with van der Waals surface area (Å²) in [6, 6.07) is 4.28. The molecule has 0 aromatic heterocycles. The van der Waals surface area contributed by atoms with E-state index in [2.05, 4.69) is 5.32 Å². The van der Waals surface area contributed by atoms with E-state index in [1.54, 1.807) is 0 Å². The molecule has 8 nitrogen and oxygen atoms in total. The fourth-order valence-electron chi connectivity index (χ4n) is 2.12. The number of sulfonamides is 1. The molecule has 1 aliphatic rings. The summed E-state index contributed by atoms with van der Waals surface area (Å²) in [6.07, 6.45) is -0.798. The molecule has 1 fully saturated rings. The van der Waals surface area contributed by atoms with E-state index in [4.69, 9.17) is 0 Å². The van der Waals surface area contributed by atoms with E-state index in [1.165, 1.54) is 25.2 Å². The number of nitro benzene ring substituents is 1. The number of benzene rings is 1. The van der Waals surface area contributed by atoms with Gasteiger partial charge in [-0.2, -0.15) is 4.31 Å². The van der Waals surface area contributed by atoms with Crippen molar-refractivity contribution in [2.45, 2.75) is 17.0 Å². The van der Waals surface area contributed by atoms with Gasteiger partial charge in [0, 0.05) is 32.3 Å². The van der Waals surface area contributed by atoms with Crippen molar-refractivity contribution in [2.24, 2.45) is 0 Å². The number of β-amino-alcohol motifs (C(OH)–C–C–N with tert-alkyl or cyclic N) is 1. The fraction of sp³-hybridized carbons (Fsp3) is 0.455. The lowest BCUT2D eigenvalue weighted by atomic mass is 10.2. The molecule has 2 N–H and O–H groups in total. The standard InChI is InChI=1S/C11H15N3O5S/c1-13(10-6-12-7-11(10)15)20(18,19)9-4-2-3-8(5-9)14(16)17/h2-5,10-12,15H,6-7H2,1H3/t10-,11-/m1/s1. The van der Waals surface area contributed by atoms with E-state index < -0.39 is 27.1 Å². The number of non-ortho nitro benzene ring substituents is 1. The number of nitro groups is 1. The SMILES string of the molecule is CN([C@@H]1CNC[C@H]1O)S(=O)(=O)c1cccc([N+](=O)[O-])c1. The molecule has 1 heterocycles. The zero-order valence-corrected chi connectivity index (χ0v) is 11.6. The molecule has 0 spiro atoms. The van der Waals surface area contributed by atoms with Gasteiger partial charge in [-0.05, 0) is 6.07 Å². The number of aliphatic hydroxyl groups excluding tert-OH is 1. The lowest BCUT2D eigenvalue weighted by Crippen LogP contribution is -2.44. The average molecular weight is 301 g/mol. The van der Waals surface area contributed by atoms with Gasteiger partial charge in [-0.15, -0.1) is 0 Å². The first-order valence-corrected chi connectivity index (χ1v) is 7.39. The Labute approximate surface area is 116 Å². The third-order valence-corrected chi connectivity index (χ3v) is 5.20. The van der Waals surface area contributed by atoms with E-state index in [0.29, 0.717) is 13.1 Å². The Balaban J connectivity index is 2.34. The van der Waals surface area contributed by atoms with Crippen LogP contribution in [-0.2, 0) is 10.0 Å². The Kier molecular flexibility index (Phi) is 4.04. The molecule has 0 aliphatic carbocycles. The van der Waals surface area contributed by atoms with Gasteiger partial charge in [-0.25, -0.2) is 8.42 Å². The fourth-order valence-corrected chi connectivity index (χ4v) is 3.55. The first-order chi connectivity index (χ1) is 9.34. The summed E-state index contributed by atoms with van der Waals surface area (Å²) in [5, 5.41) is 23.3. The maximum Gasteiger partial charge on any atom is 0.270 e. The molecule has 0 radical (unpaired) electrons. The van der Waals surface area contributed by atoms with Crippen molar-refractivity contribution in [1.82, 2.24) is 9.62 Å². The molecule has 9 heteroatoms. The predicted molar refractivity (Wildman–Crippen MR) is 70.7 cm³/mol. The van der Waals surface area contributed by atoms with Gasteiger partial charge in [0.05, 0.1) is 22.0 Å². The molecule has 1 aliphatic heterocycles. The first kappa shape index (κ1) is 14.9. The zero-order valence-electron chi connectivity index (χ0n) is 10.8. The van der Waals surface area contributed by atoms with E-state index in [-0.39, 0.29) is 10.6 Å². The van der Waals surface area contributed by atoms with Crippen LogP contribution in [0, 0.1) is 10.1 Å². The lowest BCUT2D eigenvalue weighted by molar-refractivity contribution is -0.385. The van der Waals surface area contributed by atoms with Crippen LogP contribution in [0.2, 0.25) is 0 Å². The van der Waals surface area contributed by atoms with Crippen molar-refractivity contribution in [3.63, 3.8) is 0 Å². The number of nitrogens with one attached hydrogen (secondary N) is 1. The minimum Gasteiger partial charge on any atom is -0.390 e. The third kappa shape index (κ3) is 2.66. The molecule has 1 aromatic carbocycles. The van der Waals surface area contributed by atoms with E-state index in [9.17, 15) is 23.6 Å². The van der Waals surface area contributed by atoms with Gasteiger partial charge in [0.1, 0.15) is 0 Å². The molecule has 0 unspecified atom stereocenters. The van der Waals surface area contributed by atoms with Crippen molar-refractivity contribution < 1.29 is 18.4 Å². The van der Waals surface area contributed by atoms with Crippen LogP contribution in [0.4, 0.5) is 5.69 Å². The minimum atomic E-state index is -3.88. The minimum absolute atomic E-state index is 0.159. The highest BCUT2D eigenvalue weighted by Crippen LogP contribution is 2.23. The summed E-state index contributed by atoms with van der Waals surface area (Å²) in [5.41, 5.74) is -0.287. The van der Waals surface area contributed by atoms with E-state index in [0.717, 1.165) is 10.4 Å². The molecule has 110 valence electrons. The highest BCUT2D eigenvalue weighted by molar-refractivity contribution is 7.89. The van der Waals surface area contributed by atoms with Crippen LogP contribution in [0.15, 0.2) is 29.2 Å². The zero-order chi connectivity index (χ0) is 14.9. The van der Waals surface area contributed by atoms with Crippen LogP contribution in [-0.4, -0.2) is 55.0 Å². The Morgan fingerprint density at radius 1 is 1.45 bits per heavy atom. The van der Waals surface area contributed by atoms with Gasteiger partial charge in [0.25, 0.3) is 5.69 Å². The second-order valence-corrected chi connectivity index (χ2v) is 6.57. The topological polar surface area (TPSA) is 113 Å². The number of likely N-dealkylation sites (N-methyl/N-ethyl adjacent to an activating group) is 1. The molecule has 1 saturated heterocycles. The van der Waals surface area contributed by atoms with Crippen molar-refractivity contribution >= 4 is 15.7 Å². The van der Waals surface area contributed by atoms with Gasteiger partial charge in [0.15, 0.2) is 0 Å². The summed E-state index contributed by atoms with van der Waals surface area (Å²) in [7, 11) is -2.53. The summed E-state index contributed by atoms with van der Waals surface area (Å²) >= 11 is 0. The molecule has 0 bridgehead atoms. The maximum atomic E-state index is 12.4. The molecular weight excluding hydrogens is 286 g/mol. The molecule has 0 saturated carbocycles. The Bertz CT molecular complexity index is 618. The number of aliphatic hydroxyl groups is 1. The summed E-state index contributed by atoms with van der Waals surface area (Å²) in [6.45, 7) is 0.658. The van der Waals surface area contributed by atoms with Crippen molar-refractivity contribution in [3.05, 3.63) is 34.4 Å². The monoisotopic (exact) mass is 301 g/mol. The molecule has 1 aromatic rings. The van der Waals surface area contributed by atoms with Gasteiger partial charge < -0.3 is 10.4 Å². The van der Waals surface area contributed by atoms with Crippen molar-refractivity contribution in [3.8, 4) is 0 Å². The molecule has 2 atom stereocenters. The largest absolute Gasteiger partial charge is 0.390 e. The first-order valence-electron chi connectivity index (χ1n) is 5.95. The summed E-state index contributed by atoms with van der Waals surface area (Å²) in [4.78, 5) is 9.90. The predicted octanol–water partition coefficient (Wildman–Crippen LogP) is -0.452. The number of rotatable bonds is 4.